The predicted molar refractivity (Wildman–Crippen MR) is 58.0 cm³/mol. The molecule has 1 saturated heterocycles. The minimum Gasteiger partial charge on any atom is -0.317 e. The summed E-state index contributed by atoms with van der Waals surface area (Å²) in [4.78, 5) is 2.59. The van der Waals surface area contributed by atoms with Crippen LogP contribution in [-0.4, -0.2) is 36.6 Å². The van der Waals surface area contributed by atoms with Crippen molar-refractivity contribution in [2.45, 2.75) is 45.7 Å². The van der Waals surface area contributed by atoms with E-state index in [-0.39, 0.29) is 0 Å². The van der Waals surface area contributed by atoms with Crippen molar-refractivity contribution in [1.82, 2.24) is 10.2 Å². The zero-order valence-electron chi connectivity index (χ0n) is 9.72. The van der Waals surface area contributed by atoms with E-state index in [0.29, 0.717) is 11.6 Å². The maximum absolute atomic E-state index is 3.35. The van der Waals surface area contributed by atoms with Crippen molar-refractivity contribution in [2.75, 3.05) is 20.1 Å². The van der Waals surface area contributed by atoms with Crippen molar-refractivity contribution in [3.8, 4) is 0 Å². The molecule has 2 heteroatoms. The fourth-order valence-corrected chi connectivity index (χ4v) is 2.04. The van der Waals surface area contributed by atoms with Gasteiger partial charge in [-0.15, -0.1) is 0 Å². The highest BCUT2D eigenvalue weighted by atomic mass is 15.2. The Morgan fingerprint density at radius 1 is 1.38 bits per heavy atom. The third kappa shape index (κ3) is 2.68. The van der Waals surface area contributed by atoms with E-state index < -0.39 is 0 Å². The van der Waals surface area contributed by atoms with Gasteiger partial charge >= 0.3 is 0 Å². The maximum Gasteiger partial charge on any atom is 0.0125 e. The van der Waals surface area contributed by atoms with Gasteiger partial charge < -0.3 is 5.32 Å². The van der Waals surface area contributed by atoms with Gasteiger partial charge in [0.25, 0.3) is 0 Å². The summed E-state index contributed by atoms with van der Waals surface area (Å²) in [6.07, 6.45) is 1.35. The summed E-state index contributed by atoms with van der Waals surface area (Å²) < 4.78 is 0. The van der Waals surface area contributed by atoms with Crippen molar-refractivity contribution in [2.24, 2.45) is 5.92 Å². The standard InChI is InChI=1S/C11H24N2/c1-9(12-5)10-6-7-13(8-10)11(2,3)4/h9-10,12H,6-8H2,1-5H3. The summed E-state index contributed by atoms with van der Waals surface area (Å²) in [5.74, 6) is 0.837. The normalized spacial score (nSPS) is 27.9. The molecule has 1 fully saturated rings. The second-order valence-corrected chi connectivity index (χ2v) is 5.24. The molecule has 1 heterocycles. The lowest BCUT2D eigenvalue weighted by atomic mass is 10.0. The zero-order chi connectivity index (χ0) is 10.1. The van der Waals surface area contributed by atoms with Crippen LogP contribution in [0.15, 0.2) is 0 Å². The third-order valence-electron chi connectivity index (χ3n) is 3.34. The van der Waals surface area contributed by atoms with E-state index in [2.05, 4.69) is 45.0 Å². The minimum atomic E-state index is 0.349. The Labute approximate surface area is 82.7 Å². The first-order valence-corrected chi connectivity index (χ1v) is 5.37. The largest absolute Gasteiger partial charge is 0.317 e. The number of nitrogens with one attached hydrogen (secondary N) is 1. The van der Waals surface area contributed by atoms with E-state index in [1.807, 2.05) is 0 Å². The molecular formula is C11H24N2. The zero-order valence-corrected chi connectivity index (χ0v) is 9.72. The van der Waals surface area contributed by atoms with Crippen molar-refractivity contribution in [3.05, 3.63) is 0 Å². The van der Waals surface area contributed by atoms with Gasteiger partial charge in [0, 0.05) is 18.1 Å². The fraction of sp³-hybridized carbons (Fsp3) is 1.00. The van der Waals surface area contributed by atoms with Crippen LogP contribution < -0.4 is 5.32 Å². The maximum atomic E-state index is 3.35. The Morgan fingerprint density at radius 2 is 2.00 bits per heavy atom. The van der Waals surface area contributed by atoms with Gasteiger partial charge in [0.15, 0.2) is 0 Å². The Balaban J connectivity index is 2.45. The van der Waals surface area contributed by atoms with Crippen LogP contribution in [0, 0.1) is 5.92 Å². The average Bonchev–Trinajstić information content (AvgIpc) is 2.50. The lowest BCUT2D eigenvalue weighted by molar-refractivity contribution is 0.164. The van der Waals surface area contributed by atoms with Crippen LogP contribution in [0.1, 0.15) is 34.1 Å². The van der Waals surface area contributed by atoms with Crippen molar-refractivity contribution in [3.63, 3.8) is 0 Å². The van der Waals surface area contributed by atoms with E-state index in [0.717, 1.165) is 5.92 Å². The molecule has 2 nitrogen and oxygen atoms in total. The highest BCUT2D eigenvalue weighted by Crippen LogP contribution is 2.26. The van der Waals surface area contributed by atoms with Gasteiger partial charge in [-0.3, -0.25) is 4.90 Å². The molecule has 1 aliphatic heterocycles. The van der Waals surface area contributed by atoms with Crippen LogP contribution in [0.2, 0.25) is 0 Å². The van der Waals surface area contributed by atoms with E-state index >= 15 is 0 Å². The van der Waals surface area contributed by atoms with Gasteiger partial charge in [-0.2, -0.15) is 0 Å². The van der Waals surface area contributed by atoms with Gasteiger partial charge in [0.1, 0.15) is 0 Å². The summed E-state index contributed by atoms with van der Waals surface area (Å²) in [7, 11) is 2.06. The molecule has 78 valence electrons. The van der Waals surface area contributed by atoms with Gasteiger partial charge in [-0.25, -0.2) is 0 Å². The number of rotatable bonds is 2. The highest BCUT2D eigenvalue weighted by molar-refractivity contribution is 4.88. The van der Waals surface area contributed by atoms with Crippen LogP contribution in [0.3, 0.4) is 0 Å². The molecule has 0 bridgehead atoms. The molecule has 0 saturated carbocycles. The Hall–Kier alpha value is -0.0800. The van der Waals surface area contributed by atoms with Gasteiger partial charge in [0.2, 0.25) is 0 Å². The fourth-order valence-electron chi connectivity index (χ4n) is 2.04. The molecule has 0 aromatic heterocycles. The first-order chi connectivity index (χ1) is 5.95. The summed E-state index contributed by atoms with van der Waals surface area (Å²) in [5.41, 5.74) is 0.349. The molecule has 2 unspecified atom stereocenters. The monoisotopic (exact) mass is 184 g/mol. The number of hydrogen-bond acceptors (Lipinski definition) is 2. The van der Waals surface area contributed by atoms with Crippen molar-refractivity contribution in [1.29, 1.82) is 0 Å². The van der Waals surface area contributed by atoms with E-state index in [1.54, 1.807) is 0 Å². The summed E-state index contributed by atoms with van der Waals surface area (Å²) >= 11 is 0. The molecule has 0 aliphatic carbocycles. The van der Waals surface area contributed by atoms with Gasteiger partial charge in [-0.1, -0.05) is 0 Å². The quantitative estimate of drug-likeness (QED) is 0.703. The Kier molecular flexibility index (Phi) is 3.36. The van der Waals surface area contributed by atoms with Gasteiger partial charge in [-0.05, 0) is 53.6 Å². The molecular weight excluding hydrogens is 160 g/mol. The molecule has 0 spiro atoms. The lowest BCUT2D eigenvalue weighted by Crippen LogP contribution is -2.41. The Morgan fingerprint density at radius 3 is 2.38 bits per heavy atom. The molecule has 1 N–H and O–H groups in total. The molecule has 0 radical (unpaired) electrons. The molecule has 1 rings (SSSR count). The molecule has 2 atom stereocenters. The SMILES string of the molecule is CNC(C)C1CCN(C(C)(C)C)C1. The first kappa shape index (κ1) is 11.0. The molecule has 13 heavy (non-hydrogen) atoms. The summed E-state index contributed by atoms with van der Waals surface area (Å²) in [6, 6.07) is 0.660. The van der Waals surface area contributed by atoms with E-state index in [1.165, 1.54) is 19.5 Å². The third-order valence-corrected chi connectivity index (χ3v) is 3.34. The highest BCUT2D eigenvalue weighted by Gasteiger charge is 2.32. The van der Waals surface area contributed by atoms with E-state index in [4.69, 9.17) is 0 Å². The smallest absolute Gasteiger partial charge is 0.0125 e. The van der Waals surface area contributed by atoms with Crippen molar-refractivity contribution >= 4 is 0 Å². The predicted octanol–water partition coefficient (Wildman–Crippen LogP) is 1.71. The van der Waals surface area contributed by atoms with E-state index in [9.17, 15) is 0 Å². The number of nitrogens with zero attached hydrogens (tertiary/aromatic N) is 1. The van der Waals surface area contributed by atoms with Gasteiger partial charge in [0.05, 0.1) is 0 Å². The molecule has 0 aromatic rings. The second-order valence-electron chi connectivity index (χ2n) is 5.24. The Bertz CT molecular complexity index is 160. The van der Waals surface area contributed by atoms with Crippen LogP contribution in [0.4, 0.5) is 0 Å². The lowest BCUT2D eigenvalue weighted by Gasteiger charge is -2.32. The molecule has 1 aliphatic rings. The molecule has 0 amide bonds. The van der Waals surface area contributed by atoms with Crippen LogP contribution in [-0.2, 0) is 0 Å². The minimum absolute atomic E-state index is 0.349. The van der Waals surface area contributed by atoms with Crippen LogP contribution in [0.25, 0.3) is 0 Å². The second kappa shape index (κ2) is 3.97. The number of hydrogen-bond donors (Lipinski definition) is 1. The van der Waals surface area contributed by atoms with Crippen LogP contribution >= 0.6 is 0 Å². The summed E-state index contributed by atoms with van der Waals surface area (Å²) in [6.45, 7) is 11.7. The summed E-state index contributed by atoms with van der Waals surface area (Å²) in [5, 5.41) is 3.35. The van der Waals surface area contributed by atoms with Crippen molar-refractivity contribution < 1.29 is 0 Å². The average molecular weight is 184 g/mol. The van der Waals surface area contributed by atoms with Crippen LogP contribution in [0.5, 0.6) is 0 Å². The topological polar surface area (TPSA) is 15.3 Å². The molecule has 0 aromatic carbocycles. The first-order valence-electron chi connectivity index (χ1n) is 5.37. The number of likely N-dealkylation sites (tertiary alicyclic amines) is 1.